The fourth-order valence-corrected chi connectivity index (χ4v) is 2.22. The Labute approximate surface area is 128 Å². The van der Waals surface area contributed by atoms with Crippen molar-refractivity contribution in [3.63, 3.8) is 0 Å². The average molecular weight is 304 g/mol. The smallest absolute Gasteiger partial charge is 0.325 e. The van der Waals surface area contributed by atoms with Gasteiger partial charge in [-0.15, -0.1) is 0 Å². The Morgan fingerprint density at radius 1 is 1.32 bits per heavy atom. The molecule has 1 N–H and O–H groups in total. The fourth-order valence-electron chi connectivity index (χ4n) is 2.22. The number of ether oxygens (including phenoxy) is 1. The first kappa shape index (κ1) is 16.0. The summed E-state index contributed by atoms with van der Waals surface area (Å²) in [4.78, 5) is 22.7. The molecule has 0 amide bonds. The molecule has 0 atom stereocenters. The van der Waals surface area contributed by atoms with E-state index in [-0.39, 0.29) is 18.9 Å². The van der Waals surface area contributed by atoms with E-state index in [1.807, 2.05) is 39.8 Å². The van der Waals surface area contributed by atoms with Crippen molar-refractivity contribution in [1.29, 1.82) is 0 Å². The summed E-state index contributed by atoms with van der Waals surface area (Å²) in [7, 11) is 0. The molecule has 0 spiro atoms. The van der Waals surface area contributed by atoms with Gasteiger partial charge in [0.1, 0.15) is 12.1 Å². The molecular formula is C16H20N2O4. The third-order valence-corrected chi connectivity index (χ3v) is 3.06. The second-order valence-corrected chi connectivity index (χ2v) is 6.32. The molecule has 1 aromatic carbocycles. The molecule has 22 heavy (non-hydrogen) atoms. The van der Waals surface area contributed by atoms with Gasteiger partial charge >= 0.3 is 11.9 Å². The molecule has 0 unspecified atom stereocenters. The molecule has 118 valence electrons. The molecule has 0 radical (unpaired) electrons. The van der Waals surface area contributed by atoms with E-state index in [1.165, 1.54) is 4.68 Å². The van der Waals surface area contributed by atoms with Gasteiger partial charge in [-0.2, -0.15) is 5.10 Å². The number of nitrogens with zero attached hydrogens (tertiary/aromatic N) is 2. The van der Waals surface area contributed by atoms with E-state index in [0.29, 0.717) is 5.52 Å². The number of carboxylic acid groups (broad SMARTS) is 1. The van der Waals surface area contributed by atoms with Crippen LogP contribution in [0.1, 0.15) is 31.9 Å². The Morgan fingerprint density at radius 2 is 2.00 bits per heavy atom. The van der Waals surface area contributed by atoms with Crippen LogP contribution in [0.2, 0.25) is 0 Å². The van der Waals surface area contributed by atoms with Crippen LogP contribution in [0.15, 0.2) is 18.3 Å². The molecule has 0 aliphatic carbocycles. The number of aromatic nitrogens is 2. The minimum absolute atomic E-state index is 0.184. The van der Waals surface area contributed by atoms with Gasteiger partial charge < -0.3 is 9.84 Å². The Balaban J connectivity index is 2.25. The number of aliphatic carboxylic acids is 1. The highest BCUT2D eigenvalue weighted by molar-refractivity contribution is 5.82. The van der Waals surface area contributed by atoms with Gasteiger partial charge in [0.15, 0.2) is 0 Å². The van der Waals surface area contributed by atoms with Gasteiger partial charge in [-0.1, -0.05) is 0 Å². The molecule has 1 aromatic heterocycles. The number of esters is 1. The highest BCUT2D eigenvalue weighted by atomic mass is 16.6. The molecule has 0 aliphatic heterocycles. The topological polar surface area (TPSA) is 81.4 Å². The number of hydrogen-bond donors (Lipinski definition) is 1. The minimum atomic E-state index is -0.946. The van der Waals surface area contributed by atoms with Crippen molar-refractivity contribution in [1.82, 2.24) is 9.78 Å². The number of benzene rings is 1. The Bertz CT molecular complexity index is 726. The highest BCUT2D eigenvalue weighted by Crippen LogP contribution is 2.20. The van der Waals surface area contributed by atoms with E-state index >= 15 is 0 Å². The first-order chi connectivity index (χ1) is 10.1. The van der Waals surface area contributed by atoms with Crippen molar-refractivity contribution in [2.45, 2.75) is 46.3 Å². The summed E-state index contributed by atoms with van der Waals surface area (Å²) >= 11 is 0. The van der Waals surface area contributed by atoms with Gasteiger partial charge in [0.25, 0.3) is 0 Å². The summed E-state index contributed by atoms with van der Waals surface area (Å²) in [5, 5.41) is 13.8. The Kier molecular flexibility index (Phi) is 4.21. The van der Waals surface area contributed by atoms with E-state index in [4.69, 9.17) is 9.84 Å². The highest BCUT2D eigenvalue weighted by Gasteiger charge is 2.18. The summed E-state index contributed by atoms with van der Waals surface area (Å²) in [5.41, 5.74) is 1.99. The minimum Gasteiger partial charge on any atom is -0.480 e. The molecule has 2 rings (SSSR count). The van der Waals surface area contributed by atoms with Gasteiger partial charge in [-0.05, 0) is 51.0 Å². The van der Waals surface area contributed by atoms with Crippen LogP contribution in [-0.4, -0.2) is 32.4 Å². The molecule has 0 bridgehead atoms. The van der Waals surface area contributed by atoms with Crippen molar-refractivity contribution in [2.24, 2.45) is 0 Å². The Morgan fingerprint density at radius 3 is 2.59 bits per heavy atom. The van der Waals surface area contributed by atoms with Crippen LogP contribution >= 0.6 is 0 Å². The van der Waals surface area contributed by atoms with Crippen molar-refractivity contribution in [3.8, 4) is 0 Å². The monoisotopic (exact) mass is 304 g/mol. The lowest BCUT2D eigenvalue weighted by Crippen LogP contribution is -2.25. The maximum atomic E-state index is 11.9. The van der Waals surface area contributed by atoms with Crippen LogP contribution in [0.4, 0.5) is 0 Å². The Hall–Kier alpha value is -2.37. The number of carbonyl (C=O) groups is 2. The van der Waals surface area contributed by atoms with Gasteiger partial charge in [0.05, 0.1) is 11.9 Å². The number of carbonyl (C=O) groups excluding carboxylic acids is 1. The maximum Gasteiger partial charge on any atom is 0.325 e. The summed E-state index contributed by atoms with van der Waals surface area (Å²) in [6.45, 7) is 7.20. The summed E-state index contributed by atoms with van der Waals surface area (Å²) < 4.78 is 6.71. The van der Waals surface area contributed by atoms with Crippen molar-refractivity contribution in [3.05, 3.63) is 29.5 Å². The number of hydrogen-bond acceptors (Lipinski definition) is 4. The van der Waals surface area contributed by atoms with Gasteiger partial charge in [0.2, 0.25) is 0 Å². The molecule has 1 heterocycles. The van der Waals surface area contributed by atoms with Crippen LogP contribution in [0.25, 0.3) is 10.9 Å². The molecule has 0 saturated carbocycles. The lowest BCUT2D eigenvalue weighted by Gasteiger charge is -2.19. The second-order valence-electron chi connectivity index (χ2n) is 6.32. The van der Waals surface area contributed by atoms with E-state index in [1.54, 1.807) is 6.20 Å². The predicted octanol–water partition coefficient (Wildman–Crippen LogP) is 2.31. The summed E-state index contributed by atoms with van der Waals surface area (Å²) in [6, 6.07) is 3.72. The van der Waals surface area contributed by atoms with E-state index in [9.17, 15) is 9.59 Å². The number of rotatable bonds is 4. The van der Waals surface area contributed by atoms with Crippen LogP contribution in [0, 0.1) is 6.92 Å². The quantitative estimate of drug-likeness (QED) is 0.877. The van der Waals surface area contributed by atoms with E-state index in [0.717, 1.165) is 16.5 Å². The molecule has 6 nitrogen and oxygen atoms in total. The van der Waals surface area contributed by atoms with E-state index in [2.05, 4.69) is 5.10 Å². The van der Waals surface area contributed by atoms with Crippen LogP contribution in [-0.2, 0) is 27.3 Å². The normalized spacial score (nSPS) is 11.6. The van der Waals surface area contributed by atoms with Crippen LogP contribution in [0.5, 0.6) is 0 Å². The molecule has 2 aromatic rings. The molecular weight excluding hydrogens is 284 g/mol. The number of fused-ring (bicyclic) bond motifs is 1. The summed E-state index contributed by atoms with van der Waals surface area (Å²) in [6.07, 6.45) is 1.85. The standard InChI is InChI=1S/C16H20N2O4/c1-10-5-13-12(8-18(17-13)9-14(19)20)6-11(10)7-15(21)22-16(2,3)4/h5-6,8H,7,9H2,1-4H3,(H,19,20). The first-order valence-electron chi connectivity index (χ1n) is 7.04. The van der Waals surface area contributed by atoms with Crippen molar-refractivity contribution >= 4 is 22.8 Å². The lowest BCUT2D eigenvalue weighted by atomic mass is 10.0. The van der Waals surface area contributed by atoms with E-state index < -0.39 is 11.6 Å². The number of carboxylic acids is 1. The predicted molar refractivity (Wildman–Crippen MR) is 81.7 cm³/mol. The molecule has 0 saturated heterocycles. The van der Waals surface area contributed by atoms with Crippen molar-refractivity contribution in [2.75, 3.05) is 0 Å². The average Bonchev–Trinajstić information content (AvgIpc) is 2.67. The van der Waals surface area contributed by atoms with Crippen molar-refractivity contribution < 1.29 is 19.4 Å². The third kappa shape index (κ3) is 4.07. The van der Waals surface area contributed by atoms with Crippen LogP contribution < -0.4 is 0 Å². The SMILES string of the molecule is Cc1cc2nn(CC(=O)O)cc2cc1CC(=O)OC(C)(C)C. The zero-order chi connectivity index (χ0) is 16.5. The maximum absolute atomic E-state index is 11.9. The van der Waals surface area contributed by atoms with Gasteiger partial charge in [-0.3, -0.25) is 14.3 Å². The lowest BCUT2D eigenvalue weighted by molar-refractivity contribution is -0.154. The first-order valence-corrected chi connectivity index (χ1v) is 7.04. The second kappa shape index (κ2) is 5.79. The molecule has 0 fully saturated rings. The molecule has 0 aliphatic rings. The zero-order valence-corrected chi connectivity index (χ0v) is 13.2. The number of aryl methyl sites for hydroxylation is 1. The fraction of sp³-hybridized carbons (Fsp3) is 0.438. The van der Waals surface area contributed by atoms with Gasteiger partial charge in [-0.25, -0.2) is 0 Å². The summed E-state index contributed by atoms with van der Waals surface area (Å²) in [5.74, 6) is -1.23. The third-order valence-electron chi connectivity index (χ3n) is 3.06. The van der Waals surface area contributed by atoms with Gasteiger partial charge in [0, 0.05) is 11.6 Å². The van der Waals surface area contributed by atoms with Crippen LogP contribution in [0.3, 0.4) is 0 Å². The molecule has 6 heteroatoms. The largest absolute Gasteiger partial charge is 0.480 e. The zero-order valence-electron chi connectivity index (χ0n) is 13.2.